The Balaban J connectivity index is 1.85. The number of nitrogens with one attached hydrogen (secondary N) is 1. The van der Waals surface area contributed by atoms with Gasteiger partial charge in [-0.2, -0.15) is 0 Å². The molecule has 0 spiro atoms. The third-order valence-corrected chi connectivity index (χ3v) is 4.31. The van der Waals surface area contributed by atoms with Crippen molar-refractivity contribution in [1.29, 1.82) is 0 Å². The van der Waals surface area contributed by atoms with Crippen LogP contribution in [0.4, 0.5) is 0 Å². The van der Waals surface area contributed by atoms with Crippen LogP contribution in [-0.2, 0) is 11.3 Å². The average Bonchev–Trinajstić information content (AvgIpc) is 2.48. The summed E-state index contributed by atoms with van der Waals surface area (Å²) in [6.07, 6.45) is 2.48. The number of fused-ring (bicyclic) bond motifs is 1. The fraction of sp³-hybridized carbons (Fsp3) is 0.438. The molecule has 1 unspecified atom stereocenters. The van der Waals surface area contributed by atoms with Crippen LogP contribution in [-0.4, -0.2) is 36.2 Å². The number of nitrogens with zero attached hydrogens (tertiary/aromatic N) is 1. The molecule has 1 N–H and O–H groups in total. The predicted octanol–water partition coefficient (Wildman–Crippen LogP) is 2.79. The van der Waals surface area contributed by atoms with Crippen LogP contribution in [0.15, 0.2) is 29.1 Å². The van der Waals surface area contributed by atoms with Crippen molar-refractivity contribution in [2.75, 3.05) is 20.2 Å². The largest absolute Gasteiger partial charge is 0.380 e. The quantitative estimate of drug-likeness (QED) is 0.948. The van der Waals surface area contributed by atoms with Crippen LogP contribution in [0.3, 0.4) is 0 Å². The molecule has 1 saturated heterocycles. The molecule has 1 aliphatic heterocycles. The number of H-pyrrole nitrogens is 1. The molecule has 5 heteroatoms. The van der Waals surface area contributed by atoms with E-state index in [1.165, 1.54) is 0 Å². The number of aromatic nitrogens is 1. The van der Waals surface area contributed by atoms with Gasteiger partial charge in [0.25, 0.3) is 5.56 Å². The maximum atomic E-state index is 12.2. The lowest BCUT2D eigenvalue weighted by Gasteiger charge is -2.31. The number of rotatable bonds is 3. The Morgan fingerprint density at radius 3 is 3.10 bits per heavy atom. The van der Waals surface area contributed by atoms with Crippen molar-refractivity contribution in [1.82, 2.24) is 9.88 Å². The van der Waals surface area contributed by atoms with Gasteiger partial charge >= 0.3 is 0 Å². The normalized spacial score (nSPS) is 20.0. The highest BCUT2D eigenvalue weighted by Crippen LogP contribution is 2.19. The zero-order valence-corrected chi connectivity index (χ0v) is 12.8. The number of piperidine rings is 1. The van der Waals surface area contributed by atoms with Crippen molar-refractivity contribution in [3.8, 4) is 0 Å². The number of methoxy groups -OCH3 is 1. The zero-order valence-electron chi connectivity index (χ0n) is 12.1. The molecule has 112 valence electrons. The topological polar surface area (TPSA) is 45.3 Å². The van der Waals surface area contributed by atoms with Gasteiger partial charge < -0.3 is 9.72 Å². The lowest BCUT2D eigenvalue weighted by atomic mass is 10.1. The maximum absolute atomic E-state index is 12.2. The first-order valence-corrected chi connectivity index (χ1v) is 7.60. The van der Waals surface area contributed by atoms with Gasteiger partial charge in [0.2, 0.25) is 0 Å². The van der Waals surface area contributed by atoms with E-state index in [2.05, 4.69) is 9.88 Å². The van der Waals surface area contributed by atoms with E-state index >= 15 is 0 Å². The minimum Gasteiger partial charge on any atom is -0.380 e. The van der Waals surface area contributed by atoms with Crippen LogP contribution in [0.25, 0.3) is 10.9 Å². The molecule has 1 aromatic heterocycles. The molecular formula is C16H19ClN2O2. The first kappa shape index (κ1) is 14.6. The minimum absolute atomic E-state index is 0.0377. The molecule has 3 rings (SSSR count). The summed E-state index contributed by atoms with van der Waals surface area (Å²) >= 11 is 5.95. The fourth-order valence-electron chi connectivity index (χ4n) is 2.93. The molecule has 1 aliphatic rings. The Morgan fingerprint density at radius 1 is 1.43 bits per heavy atom. The Hall–Kier alpha value is -1.36. The van der Waals surface area contributed by atoms with Crippen molar-refractivity contribution >= 4 is 22.5 Å². The molecule has 4 nitrogen and oxygen atoms in total. The number of pyridine rings is 1. The standard InChI is InChI=1S/C16H19ClN2O2/c1-21-14-3-2-6-19(10-14)9-12-7-11-4-5-13(17)8-15(11)18-16(12)20/h4-5,7-8,14H,2-3,6,9-10H2,1H3,(H,18,20). The van der Waals surface area contributed by atoms with Crippen LogP contribution < -0.4 is 5.56 Å². The maximum Gasteiger partial charge on any atom is 0.252 e. The third kappa shape index (κ3) is 3.28. The number of halogens is 1. The van der Waals surface area contributed by atoms with E-state index in [1.807, 2.05) is 18.2 Å². The third-order valence-electron chi connectivity index (χ3n) is 4.07. The van der Waals surface area contributed by atoms with E-state index in [0.717, 1.165) is 42.4 Å². The molecule has 21 heavy (non-hydrogen) atoms. The van der Waals surface area contributed by atoms with Crippen molar-refractivity contribution in [3.63, 3.8) is 0 Å². The van der Waals surface area contributed by atoms with Gasteiger partial charge in [-0.15, -0.1) is 0 Å². The first-order valence-electron chi connectivity index (χ1n) is 7.22. The zero-order chi connectivity index (χ0) is 14.8. The lowest BCUT2D eigenvalue weighted by Crippen LogP contribution is -2.39. The molecule has 0 radical (unpaired) electrons. The highest BCUT2D eigenvalue weighted by Gasteiger charge is 2.20. The van der Waals surface area contributed by atoms with Gasteiger partial charge in [-0.3, -0.25) is 9.69 Å². The van der Waals surface area contributed by atoms with Crippen molar-refractivity contribution in [2.45, 2.75) is 25.5 Å². The van der Waals surface area contributed by atoms with Crippen LogP contribution >= 0.6 is 11.6 Å². The number of hydrogen-bond acceptors (Lipinski definition) is 3. The van der Waals surface area contributed by atoms with Gasteiger partial charge in [0, 0.05) is 36.3 Å². The Morgan fingerprint density at radius 2 is 2.29 bits per heavy atom. The Kier molecular flexibility index (Phi) is 4.29. The summed E-state index contributed by atoms with van der Waals surface area (Å²) < 4.78 is 5.43. The average molecular weight is 307 g/mol. The van der Waals surface area contributed by atoms with Crippen LogP contribution in [0.1, 0.15) is 18.4 Å². The summed E-state index contributed by atoms with van der Waals surface area (Å²) in [6.45, 7) is 2.56. The van der Waals surface area contributed by atoms with Crippen molar-refractivity contribution in [3.05, 3.63) is 45.2 Å². The monoisotopic (exact) mass is 306 g/mol. The summed E-state index contributed by atoms with van der Waals surface area (Å²) in [5.41, 5.74) is 1.54. The molecule has 0 amide bonds. The summed E-state index contributed by atoms with van der Waals surface area (Å²) in [7, 11) is 1.75. The van der Waals surface area contributed by atoms with E-state index in [4.69, 9.17) is 16.3 Å². The summed E-state index contributed by atoms with van der Waals surface area (Å²) in [4.78, 5) is 17.4. The molecule has 2 aromatic rings. The van der Waals surface area contributed by atoms with Gasteiger partial charge in [0.15, 0.2) is 0 Å². The lowest BCUT2D eigenvalue weighted by molar-refractivity contribution is 0.0284. The molecule has 0 bridgehead atoms. The second-order valence-corrected chi connectivity index (χ2v) is 6.03. The number of ether oxygens (including phenoxy) is 1. The Labute approximate surface area is 128 Å². The van der Waals surface area contributed by atoms with Gasteiger partial charge in [0.1, 0.15) is 0 Å². The number of benzene rings is 1. The van der Waals surface area contributed by atoms with E-state index < -0.39 is 0 Å². The molecule has 2 heterocycles. The van der Waals surface area contributed by atoms with Crippen LogP contribution in [0, 0.1) is 0 Å². The first-order chi connectivity index (χ1) is 10.2. The summed E-state index contributed by atoms with van der Waals surface area (Å²) in [6, 6.07) is 7.52. The van der Waals surface area contributed by atoms with Crippen LogP contribution in [0.2, 0.25) is 5.02 Å². The van der Waals surface area contributed by atoms with E-state index in [9.17, 15) is 4.79 Å². The highest BCUT2D eigenvalue weighted by atomic mass is 35.5. The molecular weight excluding hydrogens is 288 g/mol. The fourth-order valence-corrected chi connectivity index (χ4v) is 3.10. The van der Waals surface area contributed by atoms with Crippen molar-refractivity contribution < 1.29 is 4.74 Å². The SMILES string of the molecule is COC1CCCN(Cc2cc3ccc(Cl)cc3[nH]c2=O)C1. The molecule has 1 atom stereocenters. The molecule has 0 saturated carbocycles. The minimum atomic E-state index is -0.0377. The van der Waals surface area contributed by atoms with Gasteiger partial charge in [-0.1, -0.05) is 17.7 Å². The van der Waals surface area contributed by atoms with Gasteiger partial charge in [-0.05, 0) is 43.0 Å². The highest BCUT2D eigenvalue weighted by molar-refractivity contribution is 6.31. The number of aromatic amines is 1. The Bertz CT molecular complexity index is 698. The van der Waals surface area contributed by atoms with Gasteiger partial charge in [0.05, 0.1) is 6.10 Å². The second kappa shape index (κ2) is 6.18. The number of hydrogen-bond donors (Lipinski definition) is 1. The molecule has 1 fully saturated rings. The molecule has 0 aliphatic carbocycles. The van der Waals surface area contributed by atoms with E-state index in [0.29, 0.717) is 11.6 Å². The smallest absolute Gasteiger partial charge is 0.252 e. The summed E-state index contributed by atoms with van der Waals surface area (Å²) in [5.74, 6) is 0. The van der Waals surface area contributed by atoms with E-state index in [1.54, 1.807) is 13.2 Å². The van der Waals surface area contributed by atoms with Gasteiger partial charge in [-0.25, -0.2) is 0 Å². The van der Waals surface area contributed by atoms with Crippen molar-refractivity contribution in [2.24, 2.45) is 0 Å². The predicted molar refractivity (Wildman–Crippen MR) is 84.9 cm³/mol. The number of likely N-dealkylation sites (tertiary alicyclic amines) is 1. The molecule has 1 aromatic carbocycles. The van der Waals surface area contributed by atoms with Crippen LogP contribution in [0.5, 0.6) is 0 Å². The second-order valence-electron chi connectivity index (χ2n) is 5.59. The van der Waals surface area contributed by atoms with E-state index in [-0.39, 0.29) is 11.7 Å². The summed E-state index contributed by atoms with van der Waals surface area (Å²) in [5, 5.41) is 1.64.